The zero-order valence-electron chi connectivity index (χ0n) is 12.1. The third-order valence-corrected chi connectivity index (χ3v) is 3.67. The zero-order valence-corrected chi connectivity index (χ0v) is 12.9. The first-order chi connectivity index (χ1) is 10.1. The van der Waals surface area contributed by atoms with E-state index in [9.17, 15) is 18.0 Å². The fourth-order valence-electron chi connectivity index (χ4n) is 2.02. The Bertz CT molecular complexity index is 549. The van der Waals surface area contributed by atoms with Gasteiger partial charge in [-0.3, -0.25) is 5.32 Å². The number of carbonyl (C=O) groups excluding carboxylic acids is 1. The summed E-state index contributed by atoms with van der Waals surface area (Å²) in [6.45, 7) is 2.45. The van der Waals surface area contributed by atoms with Crippen LogP contribution >= 0.6 is 11.3 Å². The zero-order chi connectivity index (χ0) is 16.5. The van der Waals surface area contributed by atoms with Crippen LogP contribution in [0.5, 0.6) is 5.19 Å². The maximum atomic E-state index is 12.9. The van der Waals surface area contributed by atoms with Crippen LogP contribution in [0, 0.1) is 0 Å². The second kappa shape index (κ2) is 5.88. The molecule has 1 aromatic rings. The lowest BCUT2D eigenvalue weighted by Gasteiger charge is -2.42. The molecule has 124 valence electrons. The SMILES string of the molecule is COc1nnc(NC(=O)N2CC(C(F)(F)F)OC(C)(C)C2)s1. The highest BCUT2D eigenvalue weighted by Gasteiger charge is 2.49. The summed E-state index contributed by atoms with van der Waals surface area (Å²) in [5, 5.41) is 10.1. The highest BCUT2D eigenvalue weighted by Crippen LogP contribution is 2.32. The first-order valence-electron chi connectivity index (χ1n) is 6.29. The Hall–Kier alpha value is -1.62. The van der Waals surface area contributed by atoms with E-state index in [1.54, 1.807) is 0 Å². The van der Waals surface area contributed by atoms with Gasteiger partial charge in [-0.25, -0.2) is 4.79 Å². The molecule has 1 atom stereocenters. The van der Waals surface area contributed by atoms with Gasteiger partial charge in [-0.05, 0) is 25.2 Å². The molecular formula is C11H15F3N4O3S. The lowest BCUT2D eigenvalue weighted by atomic mass is 10.1. The molecule has 0 spiro atoms. The van der Waals surface area contributed by atoms with Gasteiger partial charge in [0.25, 0.3) is 5.19 Å². The van der Waals surface area contributed by atoms with E-state index in [1.807, 2.05) is 0 Å². The van der Waals surface area contributed by atoms with Gasteiger partial charge in [-0.15, -0.1) is 5.10 Å². The highest BCUT2D eigenvalue weighted by atomic mass is 32.1. The summed E-state index contributed by atoms with van der Waals surface area (Å²) in [5.41, 5.74) is -1.10. The number of ether oxygens (including phenoxy) is 2. The van der Waals surface area contributed by atoms with E-state index in [4.69, 9.17) is 9.47 Å². The number of anilines is 1. The second-order valence-corrected chi connectivity index (χ2v) is 6.24. The molecule has 0 aromatic carbocycles. The van der Waals surface area contributed by atoms with Crippen LogP contribution < -0.4 is 10.1 Å². The molecule has 1 aromatic heterocycles. The van der Waals surface area contributed by atoms with Crippen LogP contribution in [0.3, 0.4) is 0 Å². The summed E-state index contributed by atoms with van der Waals surface area (Å²) in [7, 11) is 1.39. The Kier molecular flexibility index (Phi) is 4.47. The van der Waals surface area contributed by atoms with E-state index >= 15 is 0 Å². The lowest BCUT2D eigenvalue weighted by Crippen LogP contribution is -2.59. The van der Waals surface area contributed by atoms with Gasteiger partial charge in [-0.1, -0.05) is 5.10 Å². The van der Waals surface area contributed by atoms with Gasteiger partial charge in [0.1, 0.15) is 0 Å². The van der Waals surface area contributed by atoms with Gasteiger partial charge in [0.2, 0.25) is 5.13 Å². The number of aromatic nitrogens is 2. The van der Waals surface area contributed by atoms with Crippen LogP contribution in [0.25, 0.3) is 0 Å². The fraction of sp³-hybridized carbons (Fsp3) is 0.727. The van der Waals surface area contributed by atoms with Crippen LogP contribution in [-0.2, 0) is 4.74 Å². The first-order valence-corrected chi connectivity index (χ1v) is 7.10. The number of hydrogen-bond donors (Lipinski definition) is 1. The predicted octanol–water partition coefficient (Wildman–Crippen LogP) is 2.12. The molecule has 1 aliphatic rings. The summed E-state index contributed by atoms with van der Waals surface area (Å²) in [6.07, 6.45) is -6.56. The normalized spacial score (nSPS) is 21.5. The van der Waals surface area contributed by atoms with Crippen LogP contribution in [0.4, 0.5) is 23.1 Å². The van der Waals surface area contributed by atoms with Gasteiger partial charge in [0.15, 0.2) is 6.10 Å². The van der Waals surface area contributed by atoms with Crippen molar-refractivity contribution in [1.82, 2.24) is 15.1 Å². The summed E-state index contributed by atoms with van der Waals surface area (Å²) in [4.78, 5) is 13.2. The summed E-state index contributed by atoms with van der Waals surface area (Å²) < 4.78 is 48.5. The van der Waals surface area contributed by atoms with E-state index in [1.165, 1.54) is 21.0 Å². The quantitative estimate of drug-likeness (QED) is 0.892. The molecule has 1 aliphatic heterocycles. The molecule has 11 heteroatoms. The minimum Gasteiger partial charge on any atom is -0.472 e. The van der Waals surface area contributed by atoms with Crippen LogP contribution in [-0.4, -0.2) is 59.2 Å². The van der Waals surface area contributed by atoms with Crippen molar-refractivity contribution in [3.63, 3.8) is 0 Å². The number of halogens is 3. The van der Waals surface area contributed by atoms with Gasteiger partial charge in [0.05, 0.1) is 25.8 Å². The first kappa shape index (κ1) is 16.7. The average molecular weight is 340 g/mol. The van der Waals surface area contributed by atoms with Crippen molar-refractivity contribution in [3.05, 3.63) is 0 Å². The smallest absolute Gasteiger partial charge is 0.416 e. The molecule has 1 fully saturated rings. The van der Waals surface area contributed by atoms with Gasteiger partial charge < -0.3 is 14.4 Å². The summed E-state index contributed by atoms with van der Waals surface area (Å²) in [6, 6.07) is -0.690. The molecule has 7 nitrogen and oxygen atoms in total. The molecule has 1 saturated heterocycles. The molecular weight excluding hydrogens is 325 g/mol. The van der Waals surface area contributed by atoms with E-state index in [-0.39, 0.29) is 16.9 Å². The summed E-state index contributed by atoms with van der Waals surface area (Å²) in [5.74, 6) is 0. The van der Waals surface area contributed by atoms with E-state index < -0.39 is 30.5 Å². The molecule has 2 heterocycles. The molecule has 0 radical (unpaired) electrons. The molecule has 0 saturated carbocycles. The van der Waals surface area contributed by atoms with Crippen molar-refractivity contribution in [2.24, 2.45) is 0 Å². The minimum absolute atomic E-state index is 0.0291. The lowest BCUT2D eigenvalue weighted by molar-refractivity contribution is -0.267. The van der Waals surface area contributed by atoms with Crippen molar-refractivity contribution in [3.8, 4) is 5.19 Å². The highest BCUT2D eigenvalue weighted by molar-refractivity contribution is 7.17. The predicted molar refractivity (Wildman–Crippen MR) is 72.1 cm³/mol. The molecule has 1 N–H and O–H groups in total. The number of rotatable bonds is 2. The van der Waals surface area contributed by atoms with Crippen LogP contribution in [0.1, 0.15) is 13.8 Å². The topological polar surface area (TPSA) is 76.6 Å². The van der Waals surface area contributed by atoms with E-state index in [0.717, 1.165) is 16.2 Å². The van der Waals surface area contributed by atoms with Crippen LogP contribution in [0.2, 0.25) is 0 Å². The number of carbonyl (C=O) groups is 1. The molecule has 22 heavy (non-hydrogen) atoms. The number of urea groups is 1. The van der Waals surface area contributed by atoms with Crippen molar-refractivity contribution in [1.29, 1.82) is 0 Å². The second-order valence-electron chi connectivity index (χ2n) is 5.30. The van der Waals surface area contributed by atoms with Gasteiger partial charge >= 0.3 is 12.2 Å². The monoisotopic (exact) mass is 340 g/mol. The maximum absolute atomic E-state index is 12.9. The largest absolute Gasteiger partial charge is 0.472 e. The van der Waals surface area contributed by atoms with Crippen molar-refractivity contribution in [2.45, 2.75) is 31.7 Å². The number of nitrogens with one attached hydrogen (secondary N) is 1. The van der Waals surface area contributed by atoms with Crippen molar-refractivity contribution >= 4 is 22.5 Å². The Morgan fingerprint density at radius 3 is 2.73 bits per heavy atom. The number of alkyl halides is 3. The molecule has 0 bridgehead atoms. The summed E-state index contributed by atoms with van der Waals surface area (Å²) >= 11 is 0.975. The number of morpholine rings is 1. The number of amides is 2. The molecule has 2 amide bonds. The van der Waals surface area contributed by atoms with Gasteiger partial charge in [-0.2, -0.15) is 13.2 Å². The standard InChI is InChI=1S/C11H15F3N4O3S/c1-10(2)5-18(4-6(21-10)11(12,13)14)8(19)15-7-16-17-9(20-3)22-7/h6H,4-5H2,1-3H3,(H,15,16,19). The minimum atomic E-state index is -4.54. The Morgan fingerprint density at radius 1 is 1.50 bits per heavy atom. The third-order valence-electron chi connectivity index (χ3n) is 2.87. The third kappa shape index (κ3) is 3.97. The number of nitrogens with zero attached hydrogens (tertiary/aromatic N) is 3. The van der Waals surface area contributed by atoms with Crippen molar-refractivity contribution < 1.29 is 27.4 Å². The Morgan fingerprint density at radius 2 is 2.18 bits per heavy atom. The van der Waals surface area contributed by atoms with Crippen LogP contribution in [0.15, 0.2) is 0 Å². The fourth-order valence-corrected chi connectivity index (χ4v) is 2.57. The van der Waals surface area contributed by atoms with E-state index in [0.29, 0.717) is 0 Å². The van der Waals surface area contributed by atoms with E-state index in [2.05, 4.69) is 15.5 Å². The maximum Gasteiger partial charge on any atom is 0.416 e. The molecule has 2 rings (SSSR count). The molecule has 1 unspecified atom stereocenters. The van der Waals surface area contributed by atoms with Gasteiger partial charge in [0, 0.05) is 0 Å². The number of methoxy groups -OCH3 is 1. The Balaban J connectivity index is 2.07. The average Bonchev–Trinajstić information content (AvgIpc) is 2.83. The van der Waals surface area contributed by atoms with Crippen molar-refractivity contribution in [2.75, 3.05) is 25.5 Å². The number of hydrogen-bond acceptors (Lipinski definition) is 6. The molecule has 0 aliphatic carbocycles. The Labute approximate surface area is 128 Å².